The summed E-state index contributed by atoms with van der Waals surface area (Å²) in [4.78, 5) is 16.8. The predicted octanol–water partition coefficient (Wildman–Crippen LogP) is 3.08. The van der Waals surface area contributed by atoms with Crippen LogP contribution in [0.15, 0.2) is 36.4 Å². The number of hydrogen-bond donors (Lipinski definition) is 1. The summed E-state index contributed by atoms with van der Waals surface area (Å²) in [5, 5.41) is 17.1. The van der Waals surface area contributed by atoms with Crippen molar-refractivity contribution < 1.29 is 9.53 Å². The van der Waals surface area contributed by atoms with Gasteiger partial charge in [-0.25, -0.2) is 9.50 Å². The number of ether oxygens (including phenoxy) is 1. The SMILES string of the molecule is COc1ccc(-c2cccc(C#N)c2)n2nc(C3(CNC(=O)C(C)C)CC3)nc12. The second-order valence-corrected chi connectivity index (χ2v) is 7.80. The second-order valence-electron chi connectivity index (χ2n) is 7.80. The van der Waals surface area contributed by atoms with Crippen LogP contribution in [0.2, 0.25) is 0 Å². The minimum absolute atomic E-state index is 0.0339. The number of nitrogens with zero attached hydrogens (tertiary/aromatic N) is 4. The average molecular weight is 389 g/mol. The lowest BCUT2D eigenvalue weighted by Crippen LogP contribution is -2.35. The lowest BCUT2D eigenvalue weighted by atomic mass is 10.1. The first kappa shape index (κ1) is 18.9. The molecule has 0 bridgehead atoms. The highest BCUT2D eigenvalue weighted by Crippen LogP contribution is 2.46. The van der Waals surface area contributed by atoms with Gasteiger partial charge in [0, 0.05) is 23.4 Å². The number of hydrogen-bond acceptors (Lipinski definition) is 5. The number of nitriles is 1. The molecule has 1 N–H and O–H groups in total. The van der Waals surface area contributed by atoms with Crippen LogP contribution in [-0.4, -0.2) is 34.2 Å². The number of benzene rings is 1. The maximum atomic E-state index is 12.0. The van der Waals surface area contributed by atoms with E-state index in [4.69, 9.17) is 14.8 Å². The summed E-state index contributed by atoms with van der Waals surface area (Å²) < 4.78 is 7.27. The molecule has 0 aliphatic heterocycles. The number of methoxy groups -OCH3 is 1. The molecule has 1 aliphatic carbocycles. The highest BCUT2D eigenvalue weighted by molar-refractivity contribution is 5.78. The van der Waals surface area contributed by atoms with Gasteiger partial charge in [0.1, 0.15) is 0 Å². The van der Waals surface area contributed by atoms with Crippen molar-refractivity contribution in [3.63, 3.8) is 0 Å². The summed E-state index contributed by atoms with van der Waals surface area (Å²) >= 11 is 0. The fourth-order valence-electron chi connectivity index (χ4n) is 3.38. The molecule has 1 saturated carbocycles. The fraction of sp³-hybridized carbons (Fsp3) is 0.364. The van der Waals surface area contributed by atoms with Crippen LogP contribution in [-0.2, 0) is 10.2 Å². The molecular formula is C22H23N5O2. The van der Waals surface area contributed by atoms with Gasteiger partial charge in [-0.2, -0.15) is 5.26 Å². The number of fused-ring (bicyclic) bond motifs is 1. The Morgan fingerprint density at radius 2 is 2.14 bits per heavy atom. The molecule has 2 aromatic heterocycles. The van der Waals surface area contributed by atoms with Crippen LogP contribution in [0.25, 0.3) is 16.9 Å². The van der Waals surface area contributed by atoms with Gasteiger partial charge in [-0.1, -0.05) is 26.0 Å². The molecular weight excluding hydrogens is 366 g/mol. The van der Waals surface area contributed by atoms with Crippen LogP contribution in [0.3, 0.4) is 0 Å². The molecule has 7 nitrogen and oxygen atoms in total. The molecule has 0 atom stereocenters. The van der Waals surface area contributed by atoms with Crippen LogP contribution in [0.4, 0.5) is 0 Å². The first-order valence-electron chi connectivity index (χ1n) is 9.70. The molecule has 148 valence electrons. The van der Waals surface area contributed by atoms with Crippen LogP contribution < -0.4 is 10.1 Å². The number of rotatable bonds is 6. The van der Waals surface area contributed by atoms with Crippen molar-refractivity contribution in [2.24, 2.45) is 5.92 Å². The van der Waals surface area contributed by atoms with Crippen molar-refractivity contribution in [3.05, 3.63) is 47.8 Å². The Bertz CT molecular complexity index is 1120. The maximum Gasteiger partial charge on any atom is 0.222 e. The van der Waals surface area contributed by atoms with E-state index in [9.17, 15) is 10.1 Å². The van der Waals surface area contributed by atoms with Crippen molar-refractivity contribution in [1.82, 2.24) is 19.9 Å². The van der Waals surface area contributed by atoms with Crippen molar-refractivity contribution in [2.45, 2.75) is 32.1 Å². The van der Waals surface area contributed by atoms with E-state index in [0.717, 1.165) is 24.1 Å². The summed E-state index contributed by atoms with van der Waals surface area (Å²) in [5.74, 6) is 1.32. The minimum atomic E-state index is -0.229. The van der Waals surface area contributed by atoms with Gasteiger partial charge in [0.05, 0.1) is 24.4 Å². The zero-order valence-electron chi connectivity index (χ0n) is 16.8. The van der Waals surface area contributed by atoms with E-state index in [1.54, 1.807) is 17.7 Å². The van der Waals surface area contributed by atoms with Gasteiger partial charge in [0.2, 0.25) is 5.91 Å². The Labute approximate surface area is 169 Å². The molecule has 7 heteroatoms. The third kappa shape index (κ3) is 3.42. The Morgan fingerprint density at radius 3 is 2.79 bits per heavy atom. The lowest BCUT2D eigenvalue weighted by Gasteiger charge is -2.13. The van der Waals surface area contributed by atoms with Crippen LogP contribution >= 0.6 is 0 Å². The summed E-state index contributed by atoms with van der Waals surface area (Å²) in [6.07, 6.45) is 1.87. The topological polar surface area (TPSA) is 92.3 Å². The van der Waals surface area contributed by atoms with Crippen molar-refractivity contribution >= 4 is 11.6 Å². The average Bonchev–Trinajstić information content (AvgIpc) is 3.40. The number of pyridine rings is 1. The van der Waals surface area contributed by atoms with E-state index < -0.39 is 0 Å². The van der Waals surface area contributed by atoms with Gasteiger partial charge >= 0.3 is 0 Å². The smallest absolute Gasteiger partial charge is 0.222 e. The normalized spacial score (nSPS) is 14.6. The number of carbonyl (C=O) groups excluding carboxylic acids is 1. The van der Waals surface area contributed by atoms with Crippen LogP contribution in [0, 0.1) is 17.2 Å². The Morgan fingerprint density at radius 1 is 1.34 bits per heavy atom. The molecule has 0 unspecified atom stereocenters. The van der Waals surface area contributed by atoms with Gasteiger partial charge in [-0.15, -0.1) is 5.10 Å². The molecule has 4 rings (SSSR count). The summed E-state index contributed by atoms with van der Waals surface area (Å²) in [5.41, 5.74) is 2.70. The minimum Gasteiger partial charge on any atom is -0.493 e. The van der Waals surface area contributed by atoms with Gasteiger partial charge in [0.25, 0.3) is 0 Å². The van der Waals surface area contributed by atoms with E-state index in [-0.39, 0.29) is 17.2 Å². The second kappa shape index (κ2) is 7.21. The number of carbonyl (C=O) groups is 1. The first-order chi connectivity index (χ1) is 14.0. The lowest BCUT2D eigenvalue weighted by molar-refractivity contribution is -0.124. The van der Waals surface area contributed by atoms with E-state index in [1.807, 2.05) is 44.2 Å². The molecule has 1 fully saturated rings. The Balaban J connectivity index is 1.76. The Hall–Kier alpha value is -3.40. The Kier molecular flexibility index (Phi) is 4.71. The molecule has 3 aromatic rings. The summed E-state index contributed by atoms with van der Waals surface area (Å²) in [6.45, 7) is 4.29. The van der Waals surface area contributed by atoms with Gasteiger partial charge in [0.15, 0.2) is 17.2 Å². The molecule has 0 radical (unpaired) electrons. The third-order valence-corrected chi connectivity index (χ3v) is 5.41. The zero-order chi connectivity index (χ0) is 20.6. The van der Waals surface area contributed by atoms with E-state index in [1.165, 1.54) is 0 Å². The standard InChI is InChI=1S/C22H23N5O2/c1-14(2)20(28)24-13-22(9-10-22)21-25-19-18(29-3)8-7-17(27(19)26-21)16-6-4-5-15(11-16)12-23/h4-8,11,14H,9-10,13H2,1-3H3,(H,24,28). The monoisotopic (exact) mass is 389 g/mol. The largest absolute Gasteiger partial charge is 0.493 e. The highest BCUT2D eigenvalue weighted by atomic mass is 16.5. The quantitative estimate of drug-likeness (QED) is 0.699. The van der Waals surface area contributed by atoms with Crippen LogP contribution in [0.5, 0.6) is 5.75 Å². The van der Waals surface area contributed by atoms with E-state index >= 15 is 0 Å². The molecule has 29 heavy (non-hydrogen) atoms. The van der Waals surface area contributed by atoms with Gasteiger partial charge < -0.3 is 10.1 Å². The van der Waals surface area contributed by atoms with Crippen molar-refractivity contribution in [2.75, 3.05) is 13.7 Å². The number of nitrogens with one attached hydrogen (secondary N) is 1. The summed E-state index contributed by atoms with van der Waals surface area (Å²) in [6, 6.07) is 13.4. The molecule has 1 aliphatic rings. The predicted molar refractivity (Wildman–Crippen MR) is 108 cm³/mol. The third-order valence-electron chi connectivity index (χ3n) is 5.41. The molecule has 1 amide bonds. The number of amides is 1. The fourth-order valence-corrected chi connectivity index (χ4v) is 3.38. The van der Waals surface area contributed by atoms with E-state index in [2.05, 4.69) is 11.4 Å². The highest BCUT2D eigenvalue weighted by Gasteiger charge is 2.48. The maximum absolute atomic E-state index is 12.0. The molecule has 0 saturated heterocycles. The molecule has 2 heterocycles. The summed E-state index contributed by atoms with van der Waals surface area (Å²) in [7, 11) is 1.61. The molecule has 0 spiro atoms. The molecule has 1 aromatic carbocycles. The first-order valence-corrected chi connectivity index (χ1v) is 9.70. The van der Waals surface area contributed by atoms with Gasteiger partial charge in [-0.3, -0.25) is 4.79 Å². The van der Waals surface area contributed by atoms with Crippen LogP contribution in [0.1, 0.15) is 38.1 Å². The van der Waals surface area contributed by atoms with Crippen molar-refractivity contribution in [3.8, 4) is 23.1 Å². The number of aromatic nitrogens is 3. The van der Waals surface area contributed by atoms with Gasteiger partial charge in [-0.05, 0) is 37.1 Å². The zero-order valence-corrected chi connectivity index (χ0v) is 16.8. The van der Waals surface area contributed by atoms with E-state index in [0.29, 0.717) is 29.3 Å². The van der Waals surface area contributed by atoms with Crippen molar-refractivity contribution in [1.29, 1.82) is 5.26 Å².